The van der Waals surface area contributed by atoms with Crippen LogP contribution in [0.1, 0.15) is 30.8 Å². The summed E-state index contributed by atoms with van der Waals surface area (Å²) < 4.78 is 5.81. The van der Waals surface area contributed by atoms with E-state index in [1.165, 1.54) is 6.26 Å². The lowest BCUT2D eigenvalue weighted by Gasteiger charge is -2.09. The van der Waals surface area contributed by atoms with Crippen LogP contribution in [0.4, 0.5) is 0 Å². The van der Waals surface area contributed by atoms with Crippen LogP contribution < -0.4 is 5.32 Å². The van der Waals surface area contributed by atoms with Crippen molar-refractivity contribution in [3.05, 3.63) is 22.6 Å². The Kier molecular flexibility index (Phi) is 4.35. The molecular weight excluding hydrogens is 246 g/mol. The van der Waals surface area contributed by atoms with Crippen molar-refractivity contribution in [3.63, 3.8) is 0 Å². The standard InChI is InChI=1S/C10H14BrNO2/c1-3-12-7(2)6-9(13)10-8(11)4-5-14-10/h4-5,7,12H,3,6H2,1-2H3. The van der Waals surface area contributed by atoms with Gasteiger partial charge in [0.15, 0.2) is 5.76 Å². The molecule has 14 heavy (non-hydrogen) atoms. The summed E-state index contributed by atoms with van der Waals surface area (Å²) in [7, 11) is 0. The smallest absolute Gasteiger partial charge is 0.200 e. The van der Waals surface area contributed by atoms with Gasteiger partial charge < -0.3 is 9.73 Å². The molecule has 3 nitrogen and oxygen atoms in total. The van der Waals surface area contributed by atoms with Crippen LogP contribution in [0.5, 0.6) is 0 Å². The van der Waals surface area contributed by atoms with Gasteiger partial charge in [0, 0.05) is 12.5 Å². The van der Waals surface area contributed by atoms with Gasteiger partial charge in [0.2, 0.25) is 5.78 Å². The summed E-state index contributed by atoms with van der Waals surface area (Å²) in [6, 6.07) is 1.91. The Morgan fingerprint density at radius 1 is 1.71 bits per heavy atom. The quantitative estimate of drug-likeness (QED) is 0.827. The summed E-state index contributed by atoms with van der Waals surface area (Å²) in [5.41, 5.74) is 0. The van der Waals surface area contributed by atoms with Gasteiger partial charge >= 0.3 is 0 Å². The third-order valence-electron chi connectivity index (χ3n) is 1.91. The maximum absolute atomic E-state index is 11.6. The van der Waals surface area contributed by atoms with Crippen LogP contribution in [-0.2, 0) is 0 Å². The zero-order chi connectivity index (χ0) is 10.6. The Labute approximate surface area is 92.0 Å². The predicted molar refractivity (Wildman–Crippen MR) is 58.5 cm³/mol. The molecule has 1 rings (SSSR count). The molecule has 0 saturated carbocycles. The number of rotatable bonds is 5. The zero-order valence-corrected chi connectivity index (χ0v) is 9.93. The number of ketones is 1. The topological polar surface area (TPSA) is 42.2 Å². The summed E-state index contributed by atoms with van der Waals surface area (Å²) in [5.74, 6) is 0.435. The molecule has 0 amide bonds. The number of nitrogens with one attached hydrogen (secondary N) is 1. The minimum absolute atomic E-state index is 0.0234. The number of hydrogen-bond acceptors (Lipinski definition) is 3. The molecule has 0 spiro atoms. The van der Waals surface area contributed by atoms with Gasteiger partial charge in [-0.15, -0.1) is 0 Å². The lowest BCUT2D eigenvalue weighted by Crippen LogP contribution is -2.28. The van der Waals surface area contributed by atoms with E-state index in [-0.39, 0.29) is 11.8 Å². The largest absolute Gasteiger partial charge is 0.460 e. The van der Waals surface area contributed by atoms with Crippen LogP contribution in [0, 0.1) is 0 Å². The number of carbonyl (C=O) groups is 1. The minimum Gasteiger partial charge on any atom is -0.460 e. The SMILES string of the molecule is CCNC(C)CC(=O)c1occc1Br. The van der Waals surface area contributed by atoms with Crippen LogP contribution in [0.25, 0.3) is 0 Å². The van der Waals surface area contributed by atoms with Gasteiger partial charge in [0.05, 0.1) is 10.7 Å². The van der Waals surface area contributed by atoms with Crippen LogP contribution >= 0.6 is 15.9 Å². The molecule has 0 radical (unpaired) electrons. The van der Waals surface area contributed by atoms with Gasteiger partial charge in [-0.05, 0) is 35.5 Å². The van der Waals surface area contributed by atoms with E-state index in [9.17, 15) is 4.79 Å². The van der Waals surface area contributed by atoms with Gasteiger partial charge in [-0.2, -0.15) is 0 Å². The number of Topliss-reactive ketones (excluding diaryl/α,β-unsaturated/α-hetero) is 1. The summed E-state index contributed by atoms with van der Waals surface area (Å²) in [6.07, 6.45) is 1.97. The fourth-order valence-corrected chi connectivity index (χ4v) is 1.71. The minimum atomic E-state index is 0.0234. The van der Waals surface area contributed by atoms with Crippen molar-refractivity contribution < 1.29 is 9.21 Å². The second kappa shape index (κ2) is 5.32. The fraction of sp³-hybridized carbons (Fsp3) is 0.500. The maximum atomic E-state index is 11.6. The molecule has 4 heteroatoms. The van der Waals surface area contributed by atoms with E-state index in [4.69, 9.17) is 4.42 Å². The molecule has 78 valence electrons. The van der Waals surface area contributed by atoms with Crippen molar-refractivity contribution in [2.45, 2.75) is 26.3 Å². The van der Waals surface area contributed by atoms with Crippen molar-refractivity contribution >= 4 is 21.7 Å². The summed E-state index contributed by atoms with van der Waals surface area (Å²) in [5, 5.41) is 3.18. The van der Waals surface area contributed by atoms with Crippen molar-refractivity contribution in [1.29, 1.82) is 0 Å². The molecule has 1 aromatic rings. The number of hydrogen-bond donors (Lipinski definition) is 1. The average Bonchev–Trinajstić information content (AvgIpc) is 2.51. The highest BCUT2D eigenvalue weighted by Gasteiger charge is 2.16. The second-order valence-electron chi connectivity index (χ2n) is 3.18. The van der Waals surface area contributed by atoms with Gasteiger partial charge in [-0.3, -0.25) is 4.79 Å². The molecule has 0 aliphatic heterocycles. The molecule has 1 aromatic heterocycles. The van der Waals surface area contributed by atoms with Gasteiger partial charge in [0.25, 0.3) is 0 Å². The van der Waals surface area contributed by atoms with Crippen molar-refractivity contribution in [1.82, 2.24) is 5.32 Å². The van der Waals surface area contributed by atoms with E-state index in [1.807, 2.05) is 13.8 Å². The van der Waals surface area contributed by atoms with E-state index in [0.29, 0.717) is 12.2 Å². The Morgan fingerprint density at radius 3 is 2.93 bits per heavy atom. The summed E-state index contributed by atoms with van der Waals surface area (Å²) in [4.78, 5) is 11.6. The highest BCUT2D eigenvalue weighted by molar-refractivity contribution is 9.10. The van der Waals surface area contributed by atoms with Crippen LogP contribution in [0.3, 0.4) is 0 Å². The van der Waals surface area contributed by atoms with Gasteiger partial charge in [0.1, 0.15) is 0 Å². The zero-order valence-electron chi connectivity index (χ0n) is 8.34. The van der Waals surface area contributed by atoms with E-state index in [2.05, 4.69) is 21.2 Å². The molecule has 1 N–H and O–H groups in total. The number of furan rings is 1. The van der Waals surface area contributed by atoms with Crippen LogP contribution in [-0.4, -0.2) is 18.4 Å². The Hall–Kier alpha value is -0.610. The normalized spacial score (nSPS) is 12.8. The second-order valence-corrected chi connectivity index (χ2v) is 4.04. The van der Waals surface area contributed by atoms with E-state index in [1.54, 1.807) is 6.07 Å². The predicted octanol–water partition coefficient (Wildman–Crippen LogP) is 2.61. The molecule has 0 aliphatic carbocycles. The van der Waals surface area contributed by atoms with Crippen LogP contribution in [0.15, 0.2) is 21.2 Å². The van der Waals surface area contributed by atoms with E-state index >= 15 is 0 Å². The van der Waals surface area contributed by atoms with E-state index in [0.717, 1.165) is 11.0 Å². The first kappa shape index (κ1) is 11.5. The van der Waals surface area contributed by atoms with Crippen molar-refractivity contribution in [2.24, 2.45) is 0 Å². The molecule has 0 fully saturated rings. The van der Waals surface area contributed by atoms with Crippen molar-refractivity contribution in [2.75, 3.05) is 6.54 Å². The fourth-order valence-electron chi connectivity index (χ4n) is 1.28. The molecular formula is C10H14BrNO2. The molecule has 0 bridgehead atoms. The average molecular weight is 260 g/mol. The Morgan fingerprint density at radius 2 is 2.43 bits per heavy atom. The third-order valence-corrected chi connectivity index (χ3v) is 2.54. The molecule has 1 heterocycles. The maximum Gasteiger partial charge on any atom is 0.200 e. The molecule has 1 atom stereocenters. The van der Waals surface area contributed by atoms with Crippen LogP contribution in [0.2, 0.25) is 0 Å². The first-order valence-corrected chi connectivity index (χ1v) is 5.44. The van der Waals surface area contributed by atoms with E-state index < -0.39 is 0 Å². The first-order valence-electron chi connectivity index (χ1n) is 4.64. The lowest BCUT2D eigenvalue weighted by atomic mass is 10.1. The van der Waals surface area contributed by atoms with Gasteiger partial charge in [-0.1, -0.05) is 6.92 Å². The highest BCUT2D eigenvalue weighted by Crippen LogP contribution is 2.19. The third kappa shape index (κ3) is 2.96. The Balaban J connectivity index is 2.55. The molecule has 1 unspecified atom stereocenters. The summed E-state index contributed by atoms with van der Waals surface area (Å²) in [6.45, 7) is 4.87. The van der Waals surface area contributed by atoms with Gasteiger partial charge in [-0.25, -0.2) is 0 Å². The number of carbonyl (C=O) groups excluding carboxylic acids is 1. The molecule has 0 aromatic carbocycles. The first-order chi connectivity index (χ1) is 6.65. The molecule has 0 saturated heterocycles. The number of halogens is 1. The molecule has 0 aliphatic rings. The Bertz CT molecular complexity index is 309. The monoisotopic (exact) mass is 259 g/mol. The highest BCUT2D eigenvalue weighted by atomic mass is 79.9. The lowest BCUT2D eigenvalue weighted by molar-refractivity contribution is 0.0943. The van der Waals surface area contributed by atoms with Crippen molar-refractivity contribution in [3.8, 4) is 0 Å². The summed E-state index contributed by atoms with van der Waals surface area (Å²) >= 11 is 3.26.